The monoisotopic (exact) mass is 448 g/mol. The number of nitrogens with zero attached hydrogens (tertiary/aromatic N) is 4. The van der Waals surface area contributed by atoms with Crippen LogP contribution < -0.4 is 19.3 Å². The van der Waals surface area contributed by atoms with Gasteiger partial charge in [0.05, 0.1) is 43.1 Å². The lowest BCUT2D eigenvalue weighted by molar-refractivity contribution is 0.313. The van der Waals surface area contributed by atoms with E-state index in [2.05, 4.69) is 38.9 Å². The number of imidazole rings is 1. The lowest BCUT2D eigenvalue weighted by Crippen LogP contribution is -2.44. The fourth-order valence-electron chi connectivity index (χ4n) is 4.42. The molecule has 0 saturated carbocycles. The zero-order chi connectivity index (χ0) is 23.1. The minimum Gasteiger partial charge on any atom is -0.509 e. The predicted molar refractivity (Wildman–Crippen MR) is 130 cm³/mol. The number of amidine groups is 1. The Labute approximate surface area is 192 Å². The molecule has 3 heterocycles. The van der Waals surface area contributed by atoms with Crippen molar-refractivity contribution in [3.05, 3.63) is 48.0 Å². The zero-order valence-corrected chi connectivity index (χ0v) is 19.1. The van der Waals surface area contributed by atoms with Gasteiger partial charge in [-0.2, -0.15) is 0 Å². The zero-order valence-electron chi connectivity index (χ0n) is 19.1. The van der Waals surface area contributed by atoms with Crippen LogP contribution in [0.25, 0.3) is 16.6 Å². The summed E-state index contributed by atoms with van der Waals surface area (Å²) >= 11 is 0. The fourth-order valence-corrected chi connectivity index (χ4v) is 4.42. The van der Waals surface area contributed by atoms with Gasteiger partial charge in [-0.25, -0.2) is 4.98 Å². The van der Waals surface area contributed by atoms with Crippen molar-refractivity contribution in [3.8, 4) is 11.5 Å². The predicted octanol–water partition coefficient (Wildman–Crippen LogP) is 3.10. The number of aromatic amines is 1. The lowest BCUT2D eigenvalue weighted by atomic mass is 10.2. The molecule has 2 aliphatic rings. The highest BCUT2D eigenvalue weighted by molar-refractivity contribution is 6.30. The van der Waals surface area contributed by atoms with Crippen molar-refractivity contribution in [3.63, 3.8) is 0 Å². The van der Waals surface area contributed by atoms with Crippen LogP contribution >= 0.6 is 0 Å². The maximum atomic E-state index is 10.8. The van der Waals surface area contributed by atoms with Crippen LogP contribution in [0, 0.1) is 5.41 Å². The van der Waals surface area contributed by atoms with Gasteiger partial charge in [0.1, 0.15) is 28.9 Å². The summed E-state index contributed by atoms with van der Waals surface area (Å²) in [6.07, 6.45) is 0. The molecule has 0 radical (unpaired) electrons. The average molecular weight is 449 g/mol. The van der Waals surface area contributed by atoms with Crippen molar-refractivity contribution in [2.45, 2.75) is 0 Å². The van der Waals surface area contributed by atoms with Gasteiger partial charge in [-0.15, -0.1) is 0 Å². The molecule has 0 spiro atoms. The van der Waals surface area contributed by atoms with Crippen LogP contribution in [0.3, 0.4) is 0 Å². The highest BCUT2D eigenvalue weighted by Crippen LogP contribution is 2.38. The number of hydrogen-bond donors (Lipinski definition) is 3. The summed E-state index contributed by atoms with van der Waals surface area (Å²) in [5.41, 5.74) is 3.86. The number of methoxy groups -OCH3 is 2. The third-order valence-electron chi connectivity index (χ3n) is 6.35. The molecule has 33 heavy (non-hydrogen) atoms. The molecule has 1 fully saturated rings. The van der Waals surface area contributed by atoms with Gasteiger partial charge in [-0.3, -0.25) is 5.41 Å². The van der Waals surface area contributed by atoms with Crippen molar-refractivity contribution >= 4 is 33.8 Å². The third-order valence-corrected chi connectivity index (χ3v) is 6.35. The smallest absolute Gasteiger partial charge is 0.145 e. The van der Waals surface area contributed by atoms with Gasteiger partial charge >= 0.3 is 0 Å². The molecule has 0 bridgehead atoms. The summed E-state index contributed by atoms with van der Waals surface area (Å²) in [5.74, 6) is 1.95. The number of aliphatic hydroxyl groups is 1. The van der Waals surface area contributed by atoms with Crippen molar-refractivity contribution < 1.29 is 14.6 Å². The molecule has 9 nitrogen and oxygen atoms in total. The van der Waals surface area contributed by atoms with Crippen molar-refractivity contribution in [1.82, 2.24) is 14.9 Å². The van der Waals surface area contributed by atoms with Crippen LogP contribution in [0.2, 0.25) is 0 Å². The summed E-state index contributed by atoms with van der Waals surface area (Å²) in [7, 11) is 5.31. The quantitative estimate of drug-likeness (QED) is 0.551. The second-order valence-corrected chi connectivity index (χ2v) is 8.37. The van der Waals surface area contributed by atoms with Crippen molar-refractivity contribution in [2.24, 2.45) is 0 Å². The molecule has 0 atom stereocenters. The summed E-state index contributed by atoms with van der Waals surface area (Å²) in [6, 6.07) is 11.5. The highest BCUT2D eigenvalue weighted by atomic mass is 16.5. The van der Waals surface area contributed by atoms with E-state index in [1.54, 1.807) is 37.3 Å². The molecular formula is C24H28N6O3. The van der Waals surface area contributed by atoms with Gasteiger partial charge in [0.25, 0.3) is 0 Å². The van der Waals surface area contributed by atoms with Crippen LogP contribution in [-0.2, 0) is 0 Å². The van der Waals surface area contributed by atoms with E-state index in [1.165, 1.54) is 0 Å². The number of benzene rings is 2. The number of nitrogens with one attached hydrogen (secondary N) is 2. The van der Waals surface area contributed by atoms with Crippen LogP contribution in [0.1, 0.15) is 5.82 Å². The minimum atomic E-state index is 0.0863. The van der Waals surface area contributed by atoms with E-state index in [0.29, 0.717) is 28.6 Å². The van der Waals surface area contributed by atoms with Crippen LogP contribution in [-0.4, -0.2) is 79.8 Å². The summed E-state index contributed by atoms with van der Waals surface area (Å²) in [5, 5.41) is 19.6. The molecule has 2 aliphatic heterocycles. The number of rotatable bonds is 5. The molecular weight excluding hydrogens is 420 g/mol. The van der Waals surface area contributed by atoms with Gasteiger partial charge in [0.2, 0.25) is 0 Å². The Morgan fingerprint density at radius 3 is 2.55 bits per heavy atom. The average Bonchev–Trinajstić information content (AvgIpc) is 3.37. The normalized spacial score (nSPS) is 17.4. The van der Waals surface area contributed by atoms with E-state index in [9.17, 15) is 5.11 Å². The number of hydrogen-bond acceptors (Lipinski definition) is 7. The van der Waals surface area contributed by atoms with E-state index >= 15 is 0 Å². The number of anilines is 2. The molecule has 9 heteroatoms. The Morgan fingerprint density at radius 1 is 1.03 bits per heavy atom. The van der Waals surface area contributed by atoms with E-state index in [0.717, 1.165) is 42.9 Å². The molecule has 1 aromatic heterocycles. The SMILES string of the molecule is COc1ccc(OC)c(N2CC(O)=C(c3nc4ccc(N5CCN(C)CC5)cc4[nH]3)C2=N)c1. The third kappa shape index (κ3) is 3.74. The minimum absolute atomic E-state index is 0.0863. The number of ether oxygens (including phenoxy) is 2. The molecule has 1 saturated heterocycles. The standard InChI is InChI=1S/C24H28N6O3/c1-28-8-10-29(11-9-28)15-4-6-17-18(12-15)27-24(26-17)22-20(31)14-30(23(22)25)19-13-16(32-2)5-7-21(19)33-3/h4-7,12-13,25,31H,8-11,14H2,1-3H3,(H,26,27). The first-order valence-electron chi connectivity index (χ1n) is 10.9. The summed E-state index contributed by atoms with van der Waals surface area (Å²) < 4.78 is 10.8. The first-order chi connectivity index (χ1) is 16.0. The Bertz CT molecular complexity index is 1240. The molecule has 172 valence electrons. The van der Waals surface area contributed by atoms with Gasteiger partial charge in [-0.05, 0) is 37.4 Å². The van der Waals surface area contributed by atoms with E-state index in [4.69, 9.17) is 14.9 Å². The van der Waals surface area contributed by atoms with Gasteiger partial charge in [0, 0.05) is 37.9 Å². The second kappa shape index (κ2) is 8.32. The number of aromatic nitrogens is 2. The molecule has 3 aromatic rings. The van der Waals surface area contributed by atoms with Gasteiger partial charge in [0.15, 0.2) is 0 Å². The Morgan fingerprint density at radius 2 is 1.82 bits per heavy atom. The molecule has 0 unspecified atom stereocenters. The molecule has 5 rings (SSSR count). The molecule has 2 aromatic carbocycles. The van der Waals surface area contributed by atoms with E-state index < -0.39 is 0 Å². The number of fused-ring (bicyclic) bond motifs is 1. The van der Waals surface area contributed by atoms with Gasteiger partial charge in [-0.1, -0.05) is 0 Å². The largest absolute Gasteiger partial charge is 0.509 e. The molecule has 3 N–H and O–H groups in total. The van der Waals surface area contributed by atoms with E-state index in [-0.39, 0.29) is 18.1 Å². The maximum Gasteiger partial charge on any atom is 0.145 e. The van der Waals surface area contributed by atoms with Crippen LogP contribution in [0.15, 0.2) is 42.2 Å². The molecule has 0 aliphatic carbocycles. The first kappa shape index (κ1) is 21.1. The Kier molecular flexibility index (Phi) is 5.33. The Hall–Kier alpha value is -3.72. The van der Waals surface area contributed by atoms with Crippen molar-refractivity contribution in [1.29, 1.82) is 5.41 Å². The summed E-state index contributed by atoms with van der Waals surface area (Å²) in [6.45, 7) is 4.19. The number of piperazine rings is 1. The second-order valence-electron chi connectivity index (χ2n) is 8.37. The lowest BCUT2D eigenvalue weighted by Gasteiger charge is -2.34. The summed E-state index contributed by atoms with van der Waals surface area (Å²) in [4.78, 5) is 14.4. The first-order valence-corrected chi connectivity index (χ1v) is 10.9. The van der Waals surface area contributed by atoms with Crippen LogP contribution in [0.5, 0.6) is 11.5 Å². The maximum absolute atomic E-state index is 10.8. The topological polar surface area (TPSA) is 101 Å². The molecule has 0 amide bonds. The number of H-pyrrole nitrogens is 1. The van der Waals surface area contributed by atoms with Crippen molar-refractivity contribution in [2.75, 3.05) is 63.8 Å². The van der Waals surface area contributed by atoms with Crippen LogP contribution in [0.4, 0.5) is 11.4 Å². The fraction of sp³-hybridized carbons (Fsp3) is 0.333. The highest BCUT2D eigenvalue weighted by Gasteiger charge is 2.33. The van der Waals surface area contributed by atoms with Gasteiger partial charge < -0.3 is 34.3 Å². The van der Waals surface area contributed by atoms with E-state index in [1.807, 2.05) is 6.07 Å². The Balaban J connectivity index is 1.45. The number of aliphatic hydroxyl groups excluding tert-OH is 1. The number of likely N-dealkylation sites (N-methyl/N-ethyl adjacent to an activating group) is 1.